The normalized spacial score (nSPS) is 16.7. The number of ether oxygens (including phenoxy) is 3. The first-order chi connectivity index (χ1) is 12.5. The van der Waals surface area contributed by atoms with E-state index in [1.54, 1.807) is 33.1 Å². The van der Waals surface area contributed by atoms with E-state index in [4.69, 9.17) is 14.2 Å². The molecule has 1 fully saturated rings. The number of likely N-dealkylation sites (N-methyl/N-ethyl adjacent to an activating group) is 1. The quantitative estimate of drug-likeness (QED) is 0.656. The van der Waals surface area contributed by atoms with Crippen molar-refractivity contribution in [3.8, 4) is 11.5 Å². The SMILES string of the molecule is CCOC(=O)CN(C)CC(=O)N1CCCC1c1cc(OC)ccc1OC. The van der Waals surface area contributed by atoms with Gasteiger partial charge in [-0.3, -0.25) is 14.5 Å². The highest BCUT2D eigenvalue weighted by atomic mass is 16.5. The molecule has 0 spiro atoms. The highest BCUT2D eigenvalue weighted by Crippen LogP contribution is 2.38. The molecule has 1 saturated heterocycles. The summed E-state index contributed by atoms with van der Waals surface area (Å²) < 4.78 is 15.7. The lowest BCUT2D eigenvalue weighted by molar-refractivity contribution is -0.144. The monoisotopic (exact) mass is 364 g/mol. The number of hydrogen-bond acceptors (Lipinski definition) is 6. The van der Waals surface area contributed by atoms with Crippen molar-refractivity contribution in [2.45, 2.75) is 25.8 Å². The van der Waals surface area contributed by atoms with Crippen molar-refractivity contribution in [3.63, 3.8) is 0 Å². The van der Waals surface area contributed by atoms with Crippen molar-refractivity contribution >= 4 is 11.9 Å². The first kappa shape index (κ1) is 20.0. The summed E-state index contributed by atoms with van der Waals surface area (Å²) in [5.41, 5.74) is 0.950. The summed E-state index contributed by atoms with van der Waals surface area (Å²) in [7, 11) is 4.99. The van der Waals surface area contributed by atoms with Crippen molar-refractivity contribution < 1.29 is 23.8 Å². The summed E-state index contributed by atoms with van der Waals surface area (Å²) in [5.74, 6) is 1.15. The average molecular weight is 364 g/mol. The lowest BCUT2D eigenvalue weighted by Crippen LogP contribution is -2.40. The highest BCUT2D eigenvalue weighted by Gasteiger charge is 2.32. The van der Waals surface area contributed by atoms with Crippen LogP contribution in [0.4, 0.5) is 0 Å². The Morgan fingerprint density at radius 2 is 2.00 bits per heavy atom. The minimum Gasteiger partial charge on any atom is -0.497 e. The van der Waals surface area contributed by atoms with Gasteiger partial charge >= 0.3 is 5.97 Å². The van der Waals surface area contributed by atoms with Crippen LogP contribution in [0.5, 0.6) is 11.5 Å². The van der Waals surface area contributed by atoms with E-state index in [9.17, 15) is 9.59 Å². The fraction of sp³-hybridized carbons (Fsp3) is 0.579. The highest BCUT2D eigenvalue weighted by molar-refractivity contribution is 5.80. The Bertz CT molecular complexity index is 634. The maximum absolute atomic E-state index is 12.8. The van der Waals surface area contributed by atoms with Gasteiger partial charge in [-0.25, -0.2) is 0 Å². The number of amides is 1. The third-order valence-corrected chi connectivity index (χ3v) is 4.48. The van der Waals surface area contributed by atoms with Gasteiger partial charge in [0.1, 0.15) is 11.5 Å². The van der Waals surface area contributed by atoms with Crippen molar-refractivity contribution in [1.82, 2.24) is 9.80 Å². The molecule has 7 nitrogen and oxygen atoms in total. The van der Waals surface area contributed by atoms with Crippen LogP contribution >= 0.6 is 0 Å². The Balaban J connectivity index is 2.10. The van der Waals surface area contributed by atoms with E-state index in [-0.39, 0.29) is 31.0 Å². The molecule has 1 aliphatic heterocycles. The maximum Gasteiger partial charge on any atom is 0.320 e. The summed E-state index contributed by atoms with van der Waals surface area (Å²) in [4.78, 5) is 27.9. The molecule has 144 valence electrons. The summed E-state index contributed by atoms with van der Waals surface area (Å²) in [6.45, 7) is 3.06. The molecule has 1 aromatic carbocycles. The van der Waals surface area contributed by atoms with Gasteiger partial charge in [0.05, 0.1) is 40.0 Å². The number of rotatable bonds is 8. The topological polar surface area (TPSA) is 68.3 Å². The number of benzene rings is 1. The fourth-order valence-electron chi connectivity index (χ4n) is 3.29. The number of nitrogens with zero attached hydrogens (tertiary/aromatic N) is 2. The number of methoxy groups -OCH3 is 2. The lowest BCUT2D eigenvalue weighted by Gasteiger charge is -2.28. The first-order valence-corrected chi connectivity index (χ1v) is 8.85. The van der Waals surface area contributed by atoms with Crippen LogP contribution in [-0.2, 0) is 14.3 Å². The van der Waals surface area contributed by atoms with Gasteiger partial charge in [-0.2, -0.15) is 0 Å². The predicted octanol–water partition coefficient (Wildman–Crippen LogP) is 1.86. The van der Waals surface area contributed by atoms with E-state index >= 15 is 0 Å². The molecule has 1 atom stereocenters. The molecule has 26 heavy (non-hydrogen) atoms. The fourth-order valence-corrected chi connectivity index (χ4v) is 3.29. The second kappa shape index (κ2) is 9.43. The van der Waals surface area contributed by atoms with E-state index in [1.165, 1.54) is 0 Å². The van der Waals surface area contributed by atoms with Gasteiger partial charge in [0.2, 0.25) is 5.91 Å². The van der Waals surface area contributed by atoms with Crippen LogP contribution in [-0.4, -0.2) is 69.2 Å². The second-order valence-electron chi connectivity index (χ2n) is 6.33. The Morgan fingerprint density at radius 1 is 1.23 bits per heavy atom. The minimum atomic E-state index is -0.324. The number of carbonyl (C=O) groups is 2. The smallest absolute Gasteiger partial charge is 0.320 e. The van der Waals surface area contributed by atoms with E-state index < -0.39 is 0 Å². The van der Waals surface area contributed by atoms with Gasteiger partial charge in [0.15, 0.2) is 0 Å². The minimum absolute atomic E-state index is 0.0100. The van der Waals surface area contributed by atoms with Gasteiger partial charge < -0.3 is 19.1 Å². The first-order valence-electron chi connectivity index (χ1n) is 8.85. The largest absolute Gasteiger partial charge is 0.497 e. The molecule has 0 aliphatic carbocycles. The number of esters is 1. The van der Waals surface area contributed by atoms with Crippen LogP contribution in [0.15, 0.2) is 18.2 Å². The number of carbonyl (C=O) groups excluding carboxylic acids is 2. The molecule has 0 bridgehead atoms. The van der Waals surface area contributed by atoms with Crippen molar-refractivity contribution in [1.29, 1.82) is 0 Å². The number of likely N-dealkylation sites (tertiary alicyclic amines) is 1. The zero-order chi connectivity index (χ0) is 19.1. The molecule has 7 heteroatoms. The third-order valence-electron chi connectivity index (χ3n) is 4.48. The molecule has 0 radical (unpaired) electrons. The molecule has 1 aromatic rings. The molecule has 2 rings (SSSR count). The predicted molar refractivity (Wildman–Crippen MR) is 97.4 cm³/mol. The Labute approximate surface area is 154 Å². The van der Waals surface area contributed by atoms with E-state index in [1.807, 2.05) is 23.1 Å². The summed E-state index contributed by atoms with van der Waals surface area (Å²) in [6, 6.07) is 5.58. The second-order valence-corrected chi connectivity index (χ2v) is 6.33. The molecular weight excluding hydrogens is 336 g/mol. The zero-order valence-corrected chi connectivity index (χ0v) is 16.0. The molecule has 0 aromatic heterocycles. The molecule has 1 unspecified atom stereocenters. The Morgan fingerprint density at radius 3 is 2.65 bits per heavy atom. The standard InChI is InChI=1S/C19H28N2O5/c1-5-26-19(23)13-20(2)12-18(22)21-10-6-7-16(21)15-11-14(24-3)8-9-17(15)25-4/h8-9,11,16H,5-7,10,12-13H2,1-4H3. The van der Waals surface area contributed by atoms with Gasteiger partial charge in [0, 0.05) is 12.1 Å². The molecule has 1 amide bonds. The van der Waals surface area contributed by atoms with Crippen LogP contribution in [0, 0.1) is 0 Å². The van der Waals surface area contributed by atoms with E-state index in [0.717, 1.165) is 29.9 Å². The summed E-state index contributed by atoms with van der Waals surface area (Å²) >= 11 is 0. The van der Waals surface area contributed by atoms with Gasteiger partial charge in [-0.15, -0.1) is 0 Å². The number of hydrogen-bond donors (Lipinski definition) is 0. The summed E-state index contributed by atoms with van der Waals surface area (Å²) in [6.07, 6.45) is 1.80. The average Bonchev–Trinajstić information content (AvgIpc) is 3.10. The van der Waals surface area contributed by atoms with Crippen molar-refractivity contribution in [3.05, 3.63) is 23.8 Å². The van der Waals surface area contributed by atoms with Crippen LogP contribution in [0.1, 0.15) is 31.4 Å². The third kappa shape index (κ3) is 4.88. The molecular formula is C19H28N2O5. The van der Waals surface area contributed by atoms with E-state index in [2.05, 4.69) is 0 Å². The van der Waals surface area contributed by atoms with E-state index in [0.29, 0.717) is 13.2 Å². The maximum atomic E-state index is 12.8. The van der Waals surface area contributed by atoms with Crippen molar-refractivity contribution in [2.75, 3.05) is 47.5 Å². The summed E-state index contributed by atoms with van der Waals surface area (Å²) in [5, 5.41) is 0. The van der Waals surface area contributed by atoms with Gasteiger partial charge in [-0.1, -0.05) is 0 Å². The molecule has 1 aliphatic rings. The van der Waals surface area contributed by atoms with Crippen LogP contribution < -0.4 is 9.47 Å². The molecule has 0 N–H and O–H groups in total. The van der Waals surface area contributed by atoms with Crippen LogP contribution in [0.2, 0.25) is 0 Å². The Kier molecular flexibility index (Phi) is 7.26. The van der Waals surface area contributed by atoms with Gasteiger partial charge in [-0.05, 0) is 45.0 Å². The van der Waals surface area contributed by atoms with Gasteiger partial charge in [0.25, 0.3) is 0 Å². The zero-order valence-electron chi connectivity index (χ0n) is 16.0. The lowest BCUT2D eigenvalue weighted by atomic mass is 10.0. The Hall–Kier alpha value is -2.28. The van der Waals surface area contributed by atoms with Crippen molar-refractivity contribution in [2.24, 2.45) is 0 Å². The molecule has 0 saturated carbocycles. The molecule has 1 heterocycles. The van der Waals surface area contributed by atoms with Crippen LogP contribution in [0.3, 0.4) is 0 Å². The van der Waals surface area contributed by atoms with Crippen LogP contribution in [0.25, 0.3) is 0 Å².